The van der Waals surface area contributed by atoms with E-state index in [2.05, 4.69) is 28.6 Å². The molecule has 0 aromatic rings. The largest absolute Gasteiger partial charge is 0.103 e. The van der Waals surface area contributed by atoms with Gasteiger partial charge < -0.3 is 0 Å². The highest BCUT2D eigenvalue weighted by Crippen LogP contribution is 2.33. The molecule has 0 radical (unpaired) electrons. The van der Waals surface area contributed by atoms with Crippen molar-refractivity contribution in [2.45, 2.75) is 19.3 Å². The third kappa shape index (κ3) is 1.98. The molecule has 0 saturated carbocycles. The Bertz CT molecular complexity index is 136. The van der Waals surface area contributed by atoms with Crippen LogP contribution in [0.4, 0.5) is 0 Å². The summed E-state index contributed by atoms with van der Waals surface area (Å²) in [5.41, 5.74) is 0. The highest BCUT2D eigenvalue weighted by Gasteiger charge is 2.14. The minimum atomic E-state index is 0.831. The van der Waals surface area contributed by atoms with Gasteiger partial charge in [-0.25, -0.2) is 0 Å². The normalized spacial score (nSPS) is 24.6. The topological polar surface area (TPSA) is 0 Å². The summed E-state index contributed by atoms with van der Waals surface area (Å²) in [6.07, 6.45) is 7.94. The lowest BCUT2D eigenvalue weighted by atomic mass is 9.91. The SMILES string of the molecule is C=CCCC1C=C(Br)C1. The average molecular weight is 187 g/mol. The predicted octanol–water partition coefficient (Wildman–Crippen LogP) is 3.25. The van der Waals surface area contributed by atoms with Gasteiger partial charge in [-0.1, -0.05) is 28.1 Å². The van der Waals surface area contributed by atoms with Crippen molar-refractivity contribution >= 4 is 15.9 Å². The number of hydrogen-bond donors (Lipinski definition) is 0. The zero-order chi connectivity index (χ0) is 6.69. The van der Waals surface area contributed by atoms with E-state index in [4.69, 9.17) is 0 Å². The van der Waals surface area contributed by atoms with E-state index >= 15 is 0 Å². The van der Waals surface area contributed by atoms with Crippen molar-refractivity contribution in [3.8, 4) is 0 Å². The van der Waals surface area contributed by atoms with Crippen molar-refractivity contribution < 1.29 is 0 Å². The van der Waals surface area contributed by atoms with Crippen LogP contribution in [-0.4, -0.2) is 0 Å². The highest BCUT2D eigenvalue weighted by atomic mass is 79.9. The van der Waals surface area contributed by atoms with Crippen molar-refractivity contribution in [1.82, 2.24) is 0 Å². The average Bonchev–Trinajstić information content (AvgIpc) is 1.78. The lowest BCUT2D eigenvalue weighted by Crippen LogP contribution is -2.05. The molecule has 0 amide bonds. The summed E-state index contributed by atoms with van der Waals surface area (Å²) >= 11 is 3.43. The van der Waals surface area contributed by atoms with Gasteiger partial charge in [0.2, 0.25) is 0 Å². The zero-order valence-corrected chi connectivity index (χ0v) is 7.02. The standard InChI is InChI=1S/C8H11Br/c1-2-3-4-7-5-8(9)6-7/h2,5,7H,1,3-4,6H2. The summed E-state index contributed by atoms with van der Waals surface area (Å²) in [6, 6.07) is 0. The molecule has 0 N–H and O–H groups in total. The van der Waals surface area contributed by atoms with Crippen LogP contribution in [-0.2, 0) is 0 Å². The van der Waals surface area contributed by atoms with Crippen molar-refractivity contribution in [2.24, 2.45) is 5.92 Å². The first-order valence-corrected chi connectivity index (χ1v) is 4.09. The summed E-state index contributed by atoms with van der Waals surface area (Å²) in [4.78, 5) is 0. The summed E-state index contributed by atoms with van der Waals surface area (Å²) in [5, 5.41) is 0. The molecular formula is C8H11Br. The molecule has 0 aliphatic heterocycles. The molecule has 0 spiro atoms. The van der Waals surface area contributed by atoms with Crippen LogP contribution in [0.2, 0.25) is 0 Å². The Balaban J connectivity index is 2.11. The first-order valence-electron chi connectivity index (χ1n) is 3.30. The molecule has 1 aliphatic carbocycles. The third-order valence-electron chi connectivity index (χ3n) is 1.62. The Morgan fingerprint density at radius 1 is 1.89 bits per heavy atom. The van der Waals surface area contributed by atoms with Gasteiger partial charge in [0.05, 0.1) is 0 Å². The Hall–Kier alpha value is -0.0400. The summed E-state index contributed by atoms with van der Waals surface area (Å²) in [7, 11) is 0. The Morgan fingerprint density at radius 2 is 2.56 bits per heavy atom. The maximum Gasteiger partial charge on any atom is -0.00804 e. The van der Waals surface area contributed by atoms with E-state index in [0.29, 0.717) is 0 Å². The smallest absolute Gasteiger partial charge is 0.00804 e. The second-order valence-corrected chi connectivity index (χ2v) is 3.46. The molecule has 1 atom stereocenters. The van der Waals surface area contributed by atoms with E-state index in [0.717, 1.165) is 12.3 Å². The molecule has 1 aliphatic rings. The molecule has 50 valence electrons. The van der Waals surface area contributed by atoms with Gasteiger partial charge in [0, 0.05) is 0 Å². The first kappa shape index (κ1) is 7.07. The van der Waals surface area contributed by atoms with Gasteiger partial charge in [-0.15, -0.1) is 6.58 Å². The zero-order valence-electron chi connectivity index (χ0n) is 5.44. The lowest BCUT2D eigenvalue weighted by Gasteiger charge is -2.20. The van der Waals surface area contributed by atoms with Crippen LogP contribution in [0.25, 0.3) is 0 Å². The minimum Gasteiger partial charge on any atom is -0.103 e. The van der Waals surface area contributed by atoms with Crippen LogP contribution >= 0.6 is 15.9 Å². The van der Waals surface area contributed by atoms with Crippen LogP contribution in [0.3, 0.4) is 0 Å². The van der Waals surface area contributed by atoms with Gasteiger partial charge >= 0.3 is 0 Å². The fourth-order valence-electron chi connectivity index (χ4n) is 0.990. The van der Waals surface area contributed by atoms with Gasteiger partial charge in [-0.2, -0.15) is 0 Å². The molecule has 0 nitrogen and oxygen atoms in total. The molecule has 1 rings (SSSR count). The first-order chi connectivity index (χ1) is 4.33. The maximum absolute atomic E-state index is 3.68. The number of hydrogen-bond acceptors (Lipinski definition) is 0. The van der Waals surface area contributed by atoms with Crippen LogP contribution in [0, 0.1) is 5.92 Å². The predicted molar refractivity (Wildman–Crippen MR) is 44.5 cm³/mol. The van der Waals surface area contributed by atoms with Crippen molar-refractivity contribution in [3.05, 3.63) is 23.2 Å². The molecule has 1 heteroatoms. The molecular weight excluding hydrogens is 176 g/mol. The van der Waals surface area contributed by atoms with E-state index in [9.17, 15) is 0 Å². The van der Waals surface area contributed by atoms with Gasteiger partial charge in [0.25, 0.3) is 0 Å². The van der Waals surface area contributed by atoms with E-state index < -0.39 is 0 Å². The second kappa shape index (κ2) is 3.21. The summed E-state index contributed by atoms with van der Waals surface area (Å²) < 4.78 is 1.37. The lowest BCUT2D eigenvalue weighted by molar-refractivity contribution is 0.558. The fraction of sp³-hybridized carbons (Fsp3) is 0.500. The Morgan fingerprint density at radius 3 is 3.00 bits per heavy atom. The van der Waals surface area contributed by atoms with Crippen molar-refractivity contribution in [1.29, 1.82) is 0 Å². The van der Waals surface area contributed by atoms with Crippen LogP contribution in [0.15, 0.2) is 23.2 Å². The number of allylic oxidation sites excluding steroid dienone is 3. The van der Waals surface area contributed by atoms with E-state index in [1.807, 2.05) is 6.08 Å². The van der Waals surface area contributed by atoms with E-state index in [1.165, 1.54) is 17.3 Å². The van der Waals surface area contributed by atoms with E-state index in [-0.39, 0.29) is 0 Å². The molecule has 1 unspecified atom stereocenters. The fourth-order valence-corrected chi connectivity index (χ4v) is 1.78. The molecule has 0 fully saturated rings. The van der Waals surface area contributed by atoms with Gasteiger partial charge in [-0.3, -0.25) is 0 Å². The maximum atomic E-state index is 3.68. The van der Waals surface area contributed by atoms with Crippen LogP contribution < -0.4 is 0 Å². The highest BCUT2D eigenvalue weighted by molar-refractivity contribution is 9.11. The second-order valence-electron chi connectivity index (χ2n) is 2.44. The quantitative estimate of drug-likeness (QED) is 0.595. The molecule has 0 bridgehead atoms. The third-order valence-corrected chi connectivity index (χ3v) is 2.20. The van der Waals surface area contributed by atoms with Gasteiger partial charge in [0.15, 0.2) is 0 Å². The molecule has 0 aromatic heterocycles. The molecule has 0 heterocycles. The molecule has 0 saturated heterocycles. The van der Waals surface area contributed by atoms with Crippen LogP contribution in [0.5, 0.6) is 0 Å². The Kier molecular flexibility index (Phi) is 2.52. The molecule has 9 heavy (non-hydrogen) atoms. The van der Waals surface area contributed by atoms with E-state index in [1.54, 1.807) is 0 Å². The van der Waals surface area contributed by atoms with Crippen LogP contribution in [0.1, 0.15) is 19.3 Å². The van der Waals surface area contributed by atoms with Gasteiger partial charge in [-0.05, 0) is 29.7 Å². The van der Waals surface area contributed by atoms with Crippen molar-refractivity contribution in [3.63, 3.8) is 0 Å². The summed E-state index contributed by atoms with van der Waals surface area (Å²) in [6.45, 7) is 3.68. The molecule has 0 aromatic carbocycles. The summed E-state index contributed by atoms with van der Waals surface area (Å²) in [5.74, 6) is 0.831. The monoisotopic (exact) mass is 186 g/mol. The van der Waals surface area contributed by atoms with Gasteiger partial charge in [0.1, 0.15) is 0 Å². The van der Waals surface area contributed by atoms with Crippen molar-refractivity contribution in [2.75, 3.05) is 0 Å². The number of rotatable bonds is 3. The number of halogens is 1. The Labute approximate surface area is 64.8 Å². The minimum absolute atomic E-state index is 0.831.